The van der Waals surface area contributed by atoms with E-state index in [1.165, 1.54) is 25.7 Å². The monoisotopic (exact) mass is 358 g/mol. The van der Waals surface area contributed by atoms with Gasteiger partial charge < -0.3 is 9.80 Å². The lowest BCUT2D eigenvalue weighted by Crippen LogP contribution is -2.43. The fourth-order valence-electron chi connectivity index (χ4n) is 4.75. The second-order valence-corrected chi connectivity index (χ2v) is 8.39. The fourth-order valence-corrected chi connectivity index (χ4v) is 4.75. The Kier molecular flexibility index (Phi) is 5.27. The van der Waals surface area contributed by atoms with Crippen LogP contribution in [0, 0.1) is 17.8 Å². The largest absolute Gasteiger partial charge is 0.342 e. The number of nitrogens with zero attached hydrogens (tertiary/aromatic N) is 3. The van der Waals surface area contributed by atoms with E-state index in [1.54, 1.807) is 6.20 Å². The summed E-state index contributed by atoms with van der Waals surface area (Å²) >= 11 is 0. The topological polar surface area (TPSA) is 69.3 Å². The van der Waals surface area contributed by atoms with Gasteiger partial charge in [-0.25, -0.2) is 0 Å². The number of amides is 2. The molecule has 6 nitrogen and oxygen atoms in total. The molecule has 142 valence electrons. The standard InChI is InChI=1S/C20H30N4O2/c25-19(11-15-3-1-4-15)24-10-7-17(14-24)16-5-2-9-23(13-16)20(26)12-18-6-8-21-22-18/h6,8,15-17H,1-5,7,9-14H2,(H,21,22). The van der Waals surface area contributed by atoms with E-state index in [-0.39, 0.29) is 5.91 Å². The predicted molar refractivity (Wildman–Crippen MR) is 98.2 cm³/mol. The van der Waals surface area contributed by atoms with Crippen molar-refractivity contribution < 1.29 is 9.59 Å². The Labute approximate surface area is 155 Å². The summed E-state index contributed by atoms with van der Waals surface area (Å²) in [4.78, 5) is 29.2. The number of rotatable bonds is 5. The Morgan fingerprint density at radius 2 is 1.77 bits per heavy atom. The molecule has 0 aromatic carbocycles. The number of carbonyl (C=O) groups excluding carboxylic acids is 2. The lowest BCUT2D eigenvalue weighted by Gasteiger charge is -2.36. The number of aromatic amines is 1. The first-order chi connectivity index (χ1) is 12.7. The highest BCUT2D eigenvalue weighted by atomic mass is 16.2. The summed E-state index contributed by atoms with van der Waals surface area (Å²) < 4.78 is 0. The SMILES string of the molecule is O=C(Cc1ccn[nH]1)N1CCCC(C2CCN(C(=O)CC3CCC3)C2)C1. The lowest BCUT2D eigenvalue weighted by molar-refractivity contribution is -0.134. The van der Waals surface area contributed by atoms with Crippen molar-refractivity contribution in [3.8, 4) is 0 Å². The molecule has 0 bridgehead atoms. The number of nitrogens with one attached hydrogen (secondary N) is 1. The van der Waals surface area contributed by atoms with Crippen molar-refractivity contribution in [1.29, 1.82) is 0 Å². The first-order valence-corrected chi connectivity index (χ1v) is 10.2. The van der Waals surface area contributed by atoms with Crippen LogP contribution in [0.5, 0.6) is 0 Å². The summed E-state index contributed by atoms with van der Waals surface area (Å²) in [7, 11) is 0. The van der Waals surface area contributed by atoms with Crippen LogP contribution in [0.25, 0.3) is 0 Å². The van der Waals surface area contributed by atoms with Gasteiger partial charge in [0.1, 0.15) is 0 Å². The molecule has 2 amide bonds. The van der Waals surface area contributed by atoms with Gasteiger partial charge in [0.05, 0.1) is 6.42 Å². The average molecular weight is 358 g/mol. The van der Waals surface area contributed by atoms with Crippen LogP contribution < -0.4 is 0 Å². The highest BCUT2D eigenvalue weighted by molar-refractivity contribution is 5.78. The highest BCUT2D eigenvalue weighted by Gasteiger charge is 2.36. The maximum absolute atomic E-state index is 12.6. The van der Waals surface area contributed by atoms with Crippen molar-refractivity contribution >= 4 is 11.8 Å². The van der Waals surface area contributed by atoms with Gasteiger partial charge in [0, 0.05) is 44.5 Å². The summed E-state index contributed by atoms with van der Waals surface area (Å²) in [5, 5.41) is 6.80. The van der Waals surface area contributed by atoms with E-state index in [0.29, 0.717) is 30.1 Å². The third kappa shape index (κ3) is 3.94. The van der Waals surface area contributed by atoms with Crippen LogP contribution in [0.3, 0.4) is 0 Å². The number of piperidine rings is 1. The van der Waals surface area contributed by atoms with Crippen molar-refractivity contribution in [1.82, 2.24) is 20.0 Å². The number of likely N-dealkylation sites (tertiary alicyclic amines) is 2. The second-order valence-electron chi connectivity index (χ2n) is 8.39. The van der Waals surface area contributed by atoms with Crippen LogP contribution in [-0.4, -0.2) is 58.0 Å². The van der Waals surface area contributed by atoms with Gasteiger partial charge >= 0.3 is 0 Å². The Hall–Kier alpha value is -1.85. The quantitative estimate of drug-likeness (QED) is 0.877. The van der Waals surface area contributed by atoms with Crippen molar-refractivity contribution in [2.24, 2.45) is 17.8 Å². The van der Waals surface area contributed by atoms with Crippen LogP contribution >= 0.6 is 0 Å². The zero-order valence-electron chi connectivity index (χ0n) is 15.5. The van der Waals surface area contributed by atoms with Gasteiger partial charge in [-0.2, -0.15) is 5.10 Å². The second kappa shape index (κ2) is 7.80. The molecule has 3 aliphatic rings. The summed E-state index contributed by atoms with van der Waals surface area (Å²) in [6, 6.07) is 1.86. The molecule has 1 saturated carbocycles. The van der Waals surface area contributed by atoms with Gasteiger partial charge in [-0.1, -0.05) is 6.42 Å². The highest BCUT2D eigenvalue weighted by Crippen LogP contribution is 2.34. The zero-order valence-corrected chi connectivity index (χ0v) is 15.5. The number of H-pyrrole nitrogens is 1. The number of aromatic nitrogens is 2. The van der Waals surface area contributed by atoms with E-state index < -0.39 is 0 Å². The first kappa shape index (κ1) is 17.6. The summed E-state index contributed by atoms with van der Waals surface area (Å²) in [6.45, 7) is 3.52. The van der Waals surface area contributed by atoms with E-state index in [9.17, 15) is 9.59 Å². The molecule has 4 rings (SSSR count). The molecule has 1 N–H and O–H groups in total. The third-order valence-corrected chi connectivity index (χ3v) is 6.64. The molecule has 3 heterocycles. The molecule has 1 aromatic rings. The van der Waals surface area contributed by atoms with E-state index in [2.05, 4.69) is 15.1 Å². The number of hydrogen-bond donors (Lipinski definition) is 1. The molecule has 1 aromatic heterocycles. The minimum absolute atomic E-state index is 0.190. The summed E-state index contributed by atoms with van der Waals surface area (Å²) in [5.41, 5.74) is 0.880. The Bertz CT molecular complexity index is 626. The van der Waals surface area contributed by atoms with E-state index in [4.69, 9.17) is 0 Å². The maximum Gasteiger partial charge on any atom is 0.228 e. The normalized spacial score (nSPS) is 26.8. The van der Waals surface area contributed by atoms with Gasteiger partial charge in [0.15, 0.2) is 0 Å². The smallest absolute Gasteiger partial charge is 0.228 e. The van der Waals surface area contributed by atoms with Crippen LogP contribution in [0.15, 0.2) is 12.3 Å². The van der Waals surface area contributed by atoms with Crippen molar-refractivity contribution in [3.63, 3.8) is 0 Å². The molecule has 6 heteroatoms. The molecule has 3 fully saturated rings. The minimum Gasteiger partial charge on any atom is -0.342 e. The Balaban J connectivity index is 1.27. The van der Waals surface area contributed by atoms with Gasteiger partial charge in [-0.15, -0.1) is 0 Å². The lowest BCUT2D eigenvalue weighted by atomic mass is 9.82. The Morgan fingerprint density at radius 1 is 1.00 bits per heavy atom. The number of carbonyl (C=O) groups is 2. The molecule has 1 aliphatic carbocycles. The third-order valence-electron chi connectivity index (χ3n) is 6.64. The molecule has 0 radical (unpaired) electrons. The van der Waals surface area contributed by atoms with Crippen LogP contribution in [0.4, 0.5) is 0 Å². The van der Waals surface area contributed by atoms with Crippen LogP contribution in [0.2, 0.25) is 0 Å². The molecule has 0 spiro atoms. The van der Waals surface area contributed by atoms with E-state index >= 15 is 0 Å². The molecule has 2 unspecified atom stereocenters. The van der Waals surface area contributed by atoms with Crippen LogP contribution in [-0.2, 0) is 16.0 Å². The number of hydrogen-bond acceptors (Lipinski definition) is 3. The predicted octanol–water partition coefficient (Wildman–Crippen LogP) is 2.23. The van der Waals surface area contributed by atoms with Gasteiger partial charge in [-0.05, 0) is 55.9 Å². The molecular weight excluding hydrogens is 328 g/mol. The fraction of sp³-hybridized carbons (Fsp3) is 0.750. The van der Waals surface area contributed by atoms with Gasteiger partial charge in [-0.3, -0.25) is 14.7 Å². The Morgan fingerprint density at radius 3 is 2.46 bits per heavy atom. The molecule has 2 aliphatic heterocycles. The molecule has 2 saturated heterocycles. The average Bonchev–Trinajstić information content (AvgIpc) is 3.30. The maximum atomic E-state index is 12.6. The van der Waals surface area contributed by atoms with Crippen molar-refractivity contribution in [2.75, 3.05) is 26.2 Å². The van der Waals surface area contributed by atoms with Crippen LogP contribution in [0.1, 0.15) is 50.6 Å². The summed E-state index contributed by atoms with van der Waals surface area (Å²) in [5.74, 6) is 2.29. The van der Waals surface area contributed by atoms with E-state index in [0.717, 1.165) is 51.1 Å². The van der Waals surface area contributed by atoms with Gasteiger partial charge in [0.2, 0.25) is 11.8 Å². The molecule has 26 heavy (non-hydrogen) atoms. The zero-order chi connectivity index (χ0) is 17.9. The first-order valence-electron chi connectivity index (χ1n) is 10.2. The summed E-state index contributed by atoms with van der Waals surface area (Å²) in [6.07, 6.45) is 9.98. The minimum atomic E-state index is 0.190. The van der Waals surface area contributed by atoms with Gasteiger partial charge in [0.25, 0.3) is 0 Å². The molecular formula is C20H30N4O2. The van der Waals surface area contributed by atoms with Crippen molar-refractivity contribution in [2.45, 2.75) is 51.4 Å². The van der Waals surface area contributed by atoms with E-state index in [1.807, 2.05) is 11.0 Å². The molecule has 2 atom stereocenters. The van der Waals surface area contributed by atoms with Crippen molar-refractivity contribution in [3.05, 3.63) is 18.0 Å².